The lowest BCUT2D eigenvalue weighted by atomic mass is 9.99. The van der Waals surface area contributed by atoms with Crippen molar-refractivity contribution < 1.29 is 9.90 Å². The van der Waals surface area contributed by atoms with Gasteiger partial charge in [-0.05, 0) is 26.9 Å². The minimum absolute atomic E-state index is 0.239. The molecule has 0 aliphatic heterocycles. The van der Waals surface area contributed by atoms with Crippen LogP contribution in [0.15, 0.2) is 0 Å². The molecule has 2 unspecified atom stereocenters. The third-order valence-corrected chi connectivity index (χ3v) is 2.25. The molecular weight excluding hydrogens is 154 g/mol. The van der Waals surface area contributed by atoms with Crippen LogP contribution < -0.4 is 0 Å². The van der Waals surface area contributed by atoms with Crippen LogP contribution in [0.2, 0.25) is 0 Å². The average Bonchev–Trinajstić information content (AvgIpc) is 1.98. The Morgan fingerprint density at radius 2 is 2.00 bits per heavy atom. The van der Waals surface area contributed by atoms with Gasteiger partial charge in [-0.3, -0.25) is 4.79 Å². The number of aliphatic carboxylic acids is 1. The van der Waals surface area contributed by atoms with E-state index in [1.165, 1.54) is 0 Å². The van der Waals surface area contributed by atoms with Crippen LogP contribution in [-0.2, 0) is 4.79 Å². The van der Waals surface area contributed by atoms with E-state index in [1.54, 1.807) is 6.92 Å². The summed E-state index contributed by atoms with van der Waals surface area (Å²) in [7, 11) is 3.98. The van der Waals surface area contributed by atoms with Gasteiger partial charge in [0.15, 0.2) is 0 Å². The predicted molar refractivity (Wildman–Crippen MR) is 49.2 cm³/mol. The predicted octanol–water partition coefficient (Wildman–Crippen LogP) is 1.44. The minimum atomic E-state index is -0.699. The van der Waals surface area contributed by atoms with Crippen LogP contribution in [0.3, 0.4) is 0 Å². The monoisotopic (exact) mass is 173 g/mol. The maximum Gasteiger partial charge on any atom is 0.306 e. The molecule has 72 valence electrons. The number of carboxylic acid groups (broad SMARTS) is 1. The van der Waals surface area contributed by atoms with Gasteiger partial charge in [0.1, 0.15) is 0 Å². The summed E-state index contributed by atoms with van der Waals surface area (Å²) in [4.78, 5) is 12.6. The molecule has 0 aliphatic carbocycles. The van der Waals surface area contributed by atoms with E-state index in [9.17, 15) is 4.79 Å². The zero-order valence-electron chi connectivity index (χ0n) is 8.37. The van der Waals surface area contributed by atoms with Gasteiger partial charge in [0.2, 0.25) is 0 Å². The summed E-state index contributed by atoms with van der Waals surface area (Å²) in [6, 6.07) is 0.385. The molecule has 3 nitrogen and oxygen atoms in total. The summed E-state index contributed by atoms with van der Waals surface area (Å²) in [5.41, 5.74) is 0. The van der Waals surface area contributed by atoms with Crippen molar-refractivity contribution in [3.8, 4) is 0 Å². The lowest BCUT2D eigenvalue weighted by Gasteiger charge is -2.24. The van der Waals surface area contributed by atoms with E-state index in [1.807, 2.05) is 14.1 Å². The lowest BCUT2D eigenvalue weighted by molar-refractivity contribution is -0.141. The van der Waals surface area contributed by atoms with Gasteiger partial charge >= 0.3 is 5.97 Å². The van der Waals surface area contributed by atoms with Crippen LogP contribution in [0.5, 0.6) is 0 Å². The first-order valence-corrected chi connectivity index (χ1v) is 4.38. The SMILES string of the molecule is CCC(CC(C)C(=O)O)N(C)C. The fourth-order valence-electron chi connectivity index (χ4n) is 1.25. The minimum Gasteiger partial charge on any atom is -0.481 e. The van der Waals surface area contributed by atoms with Crippen molar-refractivity contribution in [2.45, 2.75) is 32.7 Å². The summed E-state index contributed by atoms with van der Waals surface area (Å²) >= 11 is 0. The number of carbonyl (C=O) groups is 1. The molecule has 0 fully saturated rings. The Labute approximate surface area is 74.4 Å². The Kier molecular flexibility index (Phi) is 4.90. The molecule has 0 aromatic carbocycles. The molecule has 0 bridgehead atoms. The zero-order chi connectivity index (χ0) is 9.72. The molecular formula is C9H19NO2. The smallest absolute Gasteiger partial charge is 0.306 e. The molecule has 0 aliphatic rings. The molecule has 0 radical (unpaired) electrons. The van der Waals surface area contributed by atoms with Crippen molar-refractivity contribution in [2.75, 3.05) is 14.1 Å². The van der Waals surface area contributed by atoms with Gasteiger partial charge in [0.05, 0.1) is 5.92 Å². The van der Waals surface area contributed by atoms with Crippen molar-refractivity contribution in [1.82, 2.24) is 4.90 Å². The van der Waals surface area contributed by atoms with Crippen LogP contribution in [-0.4, -0.2) is 36.1 Å². The Balaban J connectivity index is 3.93. The molecule has 1 N–H and O–H groups in total. The molecule has 2 atom stereocenters. The highest BCUT2D eigenvalue weighted by Crippen LogP contribution is 2.12. The van der Waals surface area contributed by atoms with Gasteiger partial charge in [-0.2, -0.15) is 0 Å². The third kappa shape index (κ3) is 3.72. The second-order valence-electron chi connectivity index (χ2n) is 3.50. The summed E-state index contributed by atoms with van der Waals surface area (Å²) in [6.45, 7) is 3.84. The highest BCUT2D eigenvalue weighted by Gasteiger charge is 2.17. The second-order valence-corrected chi connectivity index (χ2v) is 3.50. The maximum atomic E-state index is 10.6. The summed E-state index contributed by atoms with van der Waals surface area (Å²) in [6.07, 6.45) is 1.74. The molecule has 12 heavy (non-hydrogen) atoms. The number of rotatable bonds is 5. The Morgan fingerprint density at radius 1 is 1.50 bits per heavy atom. The summed E-state index contributed by atoms with van der Waals surface area (Å²) < 4.78 is 0. The van der Waals surface area contributed by atoms with Crippen LogP contribution in [0.1, 0.15) is 26.7 Å². The van der Waals surface area contributed by atoms with Gasteiger partial charge in [-0.1, -0.05) is 13.8 Å². The van der Waals surface area contributed by atoms with Crippen molar-refractivity contribution in [2.24, 2.45) is 5.92 Å². The molecule has 3 heteroatoms. The zero-order valence-corrected chi connectivity index (χ0v) is 8.37. The van der Waals surface area contributed by atoms with E-state index in [0.717, 1.165) is 12.8 Å². The van der Waals surface area contributed by atoms with Crippen LogP contribution in [0.4, 0.5) is 0 Å². The summed E-state index contributed by atoms with van der Waals surface area (Å²) in [5.74, 6) is -0.937. The Hall–Kier alpha value is -0.570. The van der Waals surface area contributed by atoms with Crippen molar-refractivity contribution in [3.63, 3.8) is 0 Å². The highest BCUT2D eigenvalue weighted by atomic mass is 16.4. The first kappa shape index (κ1) is 11.4. The van der Waals surface area contributed by atoms with E-state index < -0.39 is 5.97 Å². The van der Waals surface area contributed by atoms with Gasteiger partial charge in [-0.15, -0.1) is 0 Å². The first-order chi connectivity index (χ1) is 5.49. The fraction of sp³-hybridized carbons (Fsp3) is 0.889. The quantitative estimate of drug-likeness (QED) is 0.684. The van der Waals surface area contributed by atoms with E-state index in [0.29, 0.717) is 6.04 Å². The van der Waals surface area contributed by atoms with Gasteiger partial charge < -0.3 is 10.0 Å². The molecule has 0 amide bonds. The Bertz CT molecular complexity index is 145. The third-order valence-electron chi connectivity index (χ3n) is 2.25. The average molecular weight is 173 g/mol. The molecule has 0 saturated heterocycles. The Morgan fingerprint density at radius 3 is 2.25 bits per heavy atom. The fourth-order valence-corrected chi connectivity index (χ4v) is 1.25. The summed E-state index contributed by atoms with van der Waals surface area (Å²) in [5, 5.41) is 8.69. The second kappa shape index (κ2) is 5.14. The van der Waals surface area contributed by atoms with Crippen molar-refractivity contribution >= 4 is 5.97 Å². The molecule has 0 aromatic heterocycles. The molecule has 0 aromatic rings. The standard InChI is InChI=1S/C9H19NO2/c1-5-8(10(3)4)6-7(2)9(11)12/h7-8H,5-6H2,1-4H3,(H,11,12). The van der Waals surface area contributed by atoms with Crippen LogP contribution >= 0.6 is 0 Å². The molecule has 0 saturated carbocycles. The largest absolute Gasteiger partial charge is 0.481 e. The lowest BCUT2D eigenvalue weighted by Crippen LogP contribution is -2.30. The normalized spacial score (nSPS) is 16.1. The number of hydrogen-bond acceptors (Lipinski definition) is 2. The first-order valence-electron chi connectivity index (χ1n) is 4.38. The van der Waals surface area contributed by atoms with E-state index in [-0.39, 0.29) is 5.92 Å². The van der Waals surface area contributed by atoms with Crippen molar-refractivity contribution in [3.05, 3.63) is 0 Å². The topological polar surface area (TPSA) is 40.5 Å². The molecule has 0 spiro atoms. The van der Waals surface area contributed by atoms with Crippen molar-refractivity contribution in [1.29, 1.82) is 0 Å². The highest BCUT2D eigenvalue weighted by molar-refractivity contribution is 5.69. The van der Waals surface area contributed by atoms with Gasteiger partial charge in [0, 0.05) is 6.04 Å². The van der Waals surface area contributed by atoms with Gasteiger partial charge in [0.25, 0.3) is 0 Å². The van der Waals surface area contributed by atoms with Crippen LogP contribution in [0, 0.1) is 5.92 Å². The number of hydrogen-bond donors (Lipinski definition) is 1. The van der Waals surface area contributed by atoms with E-state index in [4.69, 9.17) is 5.11 Å². The van der Waals surface area contributed by atoms with E-state index in [2.05, 4.69) is 11.8 Å². The molecule has 0 heterocycles. The van der Waals surface area contributed by atoms with E-state index >= 15 is 0 Å². The van der Waals surface area contributed by atoms with Gasteiger partial charge in [-0.25, -0.2) is 0 Å². The number of nitrogens with zero attached hydrogens (tertiary/aromatic N) is 1. The maximum absolute atomic E-state index is 10.6. The number of carboxylic acids is 1. The molecule has 0 rings (SSSR count). The van der Waals surface area contributed by atoms with Crippen LogP contribution in [0.25, 0.3) is 0 Å².